The van der Waals surface area contributed by atoms with Gasteiger partial charge in [0.05, 0.1) is 0 Å². The molecule has 6 nitrogen and oxygen atoms in total. The third-order valence-electron chi connectivity index (χ3n) is 9.76. The van der Waals surface area contributed by atoms with Crippen molar-refractivity contribution in [2.24, 2.45) is 0 Å². The molecule has 0 saturated carbocycles. The Labute approximate surface area is 315 Å². The summed E-state index contributed by atoms with van der Waals surface area (Å²) in [7, 11) is 0. The highest BCUT2D eigenvalue weighted by atomic mass is 32.2. The Balaban J connectivity index is 4.40. The Morgan fingerprint density at radius 2 is 0.980 bits per heavy atom. The van der Waals surface area contributed by atoms with E-state index < -0.39 is 0 Å². The van der Waals surface area contributed by atoms with Gasteiger partial charge < -0.3 is 15.1 Å². The van der Waals surface area contributed by atoms with Crippen molar-refractivity contribution in [2.75, 3.05) is 44.2 Å². The number of hydrogen-bond acceptors (Lipinski definition) is 4. The predicted octanol–water partition coefficient (Wildman–Crippen LogP) is 11.1. The number of terminal acetylenes is 1. The quantitative estimate of drug-likeness (QED) is 0.0509. The molecule has 0 radical (unpaired) electrons. The van der Waals surface area contributed by atoms with E-state index in [-0.39, 0.29) is 11.8 Å². The molecule has 0 unspecified atom stereocenters. The van der Waals surface area contributed by atoms with Gasteiger partial charge in [-0.15, -0.1) is 12.3 Å². The van der Waals surface area contributed by atoms with E-state index in [1.54, 1.807) is 23.6 Å². The van der Waals surface area contributed by atoms with Crippen LogP contribution in [-0.4, -0.2) is 71.8 Å². The summed E-state index contributed by atoms with van der Waals surface area (Å²) in [6.07, 6.45) is 39.5. The van der Waals surface area contributed by atoms with Crippen LogP contribution in [0.1, 0.15) is 201 Å². The summed E-state index contributed by atoms with van der Waals surface area (Å²) >= 11 is 1.74. The number of thioether (sulfide) groups is 1. The predicted molar refractivity (Wildman–Crippen MR) is 219 cm³/mol. The second-order valence-electron chi connectivity index (χ2n) is 14.4. The number of hydrogen-bond donors (Lipinski definition) is 1. The maximum Gasteiger partial charge on any atom is 0.223 e. The number of carbonyl (C=O) groups is 3. The van der Waals surface area contributed by atoms with Gasteiger partial charge in [0.1, 0.15) is 0 Å². The van der Waals surface area contributed by atoms with Gasteiger partial charge in [0.15, 0.2) is 0 Å². The molecule has 0 spiro atoms. The SMILES string of the molecule is C#CCCCC(=O)NCCN(CCSCCC(=O)N(CCCCCCCCCCCCCC)CCCCCCCCCCCCCC)C(C)=O. The summed E-state index contributed by atoms with van der Waals surface area (Å²) in [5.74, 6) is 4.41. The van der Waals surface area contributed by atoms with Crippen LogP contribution >= 0.6 is 11.8 Å². The molecule has 0 aliphatic rings. The number of amides is 3. The average molecular weight is 720 g/mol. The van der Waals surface area contributed by atoms with Gasteiger partial charge >= 0.3 is 0 Å². The van der Waals surface area contributed by atoms with E-state index in [0.717, 1.165) is 37.4 Å². The molecule has 3 amide bonds. The second kappa shape index (κ2) is 38.5. The smallest absolute Gasteiger partial charge is 0.223 e. The number of unbranched alkanes of at least 4 members (excludes halogenated alkanes) is 23. The van der Waals surface area contributed by atoms with Crippen molar-refractivity contribution in [3.8, 4) is 12.3 Å². The molecule has 50 heavy (non-hydrogen) atoms. The lowest BCUT2D eigenvalue weighted by atomic mass is 10.0. The van der Waals surface area contributed by atoms with Gasteiger partial charge in [-0.2, -0.15) is 11.8 Å². The van der Waals surface area contributed by atoms with E-state index in [1.165, 1.54) is 141 Å². The van der Waals surface area contributed by atoms with Crippen molar-refractivity contribution in [1.82, 2.24) is 15.1 Å². The van der Waals surface area contributed by atoms with Crippen LogP contribution in [0.25, 0.3) is 0 Å². The van der Waals surface area contributed by atoms with Crippen molar-refractivity contribution in [3.63, 3.8) is 0 Å². The van der Waals surface area contributed by atoms with E-state index in [4.69, 9.17) is 6.42 Å². The molecule has 0 aromatic rings. The Kier molecular flexibility index (Phi) is 37.3. The van der Waals surface area contributed by atoms with Crippen molar-refractivity contribution < 1.29 is 14.4 Å². The normalized spacial score (nSPS) is 11.0. The minimum Gasteiger partial charge on any atom is -0.354 e. The number of rotatable bonds is 38. The number of nitrogens with zero attached hydrogens (tertiary/aromatic N) is 2. The lowest BCUT2D eigenvalue weighted by Gasteiger charge is -2.23. The number of nitrogens with one attached hydrogen (secondary N) is 1. The van der Waals surface area contributed by atoms with E-state index in [0.29, 0.717) is 51.2 Å². The van der Waals surface area contributed by atoms with Crippen LogP contribution in [0.5, 0.6) is 0 Å². The van der Waals surface area contributed by atoms with Gasteiger partial charge in [0.2, 0.25) is 17.7 Å². The van der Waals surface area contributed by atoms with Crippen molar-refractivity contribution in [1.29, 1.82) is 0 Å². The summed E-state index contributed by atoms with van der Waals surface area (Å²) in [6.45, 7) is 9.50. The molecule has 0 atom stereocenters. The molecule has 1 N–H and O–H groups in total. The first kappa shape index (κ1) is 48.3. The molecule has 0 aromatic heterocycles. The Hall–Kier alpha value is -1.68. The summed E-state index contributed by atoms with van der Waals surface area (Å²) in [6, 6.07) is 0. The van der Waals surface area contributed by atoms with Crippen molar-refractivity contribution in [2.45, 2.75) is 201 Å². The fourth-order valence-corrected chi connectivity index (χ4v) is 7.31. The van der Waals surface area contributed by atoms with Gasteiger partial charge in [0.25, 0.3) is 0 Å². The zero-order chi connectivity index (χ0) is 36.8. The second-order valence-corrected chi connectivity index (χ2v) is 15.7. The zero-order valence-electron chi connectivity index (χ0n) is 33.4. The lowest BCUT2D eigenvalue weighted by Crippen LogP contribution is -2.38. The maximum absolute atomic E-state index is 13.3. The highest BCUT2D eigenvalue weighted by molar-refractivity contribution is 7.99. The Morgan fingerprint density at radius 3 is 1.40 bits per heavy atom. The van der Waals surface area contributed by atoms with E-state index in [9.17, 15) is 14.4 Å². The first-order valence-corrected chi connectivity index (χ1v) is 22.4. The first-order valence-electron chi connectivity index (χ1n) is 21.3. The molecule has 292 valence electrons. The number of carbonyl (C=O) groups excluding carboxylic acids is 3. The van der Waals surface area contributed by atoms with Crippen LogP contribution in [0.3, 0.4) is 0 Å². The van der Waals surface area contributed by atoms with Gasteiger partial charge in [0, 0.05) is 70.4 Å². The molecule has 0 rings (SSSR count). The molecule has 0 aliphatic heterocycles. The highest BCUT2D eigenvalue weighted by Gasteiger charge is 2.14. The van der Waals surface area contributed by atoms with Gasteiger partial charge in [-0.3, -0.25) is 14.4 Å². The van der Waals surface area contributed by atoms with E-state index in [1.807, 2.05) is 0 Å². The minimum atomic E-state index is -0.0202. The first-order chi connectivity index (χ1) is 24.5. The van der Waals surface area contributed by atoms with Crippen molar-refractivity contribution in [3.05, 3.63) is 0 Å². The Morgan fingerprint density at radius 1 is 0.540 bits per heavy atom. The van der Waals surface area contributed by atoms with Crippen LogP contribution in [0.15, 0.2) is 0 Å². The lowest BCUT2D eigenvalue weighted by molar-refractivity contribution is -0.131. The van der Waals surface area contributed by atoms with Crippen LogP contribution < -0.4 is 5.32 Å². The monoisotopic (exact) mass is 720 g/mol. The summed E-state index contributed by atoms with van der Waals surface area (Å²) in [5, 5.41) is 2.88. The average Bonchev–Trinajstić information content (AvgIpc) is 3.10. The summed E-state index contributed by atoms with van der Waals surface area (Å²) < 4.78 is 0. The summed E-state index contributed by atoms with van der Waals surface area (Å²) in [5.41, 5.74) is 0. The molecule has 0 aliphatic carbocycles. The van der Waals surface area contributed by atoms with Crippen LogP contribution in [0.2, 0.25) is 0 Å². The van der Waals surface area contributed by atoms with Crippen LogP contribution in [0.4, 0.5) is 0 Å². The maximum atomic E-state index is 13.3. The standard InChI is InChI=1S/C43H81N3O3S/c1-5-8-11-13-15-17-19-21-23-25-27-30-35-46(36-31-28-26-24-22-20-18-16-14-12-9-6-2)43(49)33-39-50-40-38-45(41(4)47)37-34-44-42(48)32-29-10-7-3/h3H,5-6,8-40H2,1-2,4H3,(H,44,48). The fraction of sp³-hybridized carbons (Fsp3) is 0.884. The van der Waals surface area contributed by atoms with Gasteiger partial charge in [-0.25, -0.2) is 0 Å². The molecular formula is C43H81N3O3S. The molecular weight excluding hydrogens is 639 g/mol. The van der Waals surface area contributed by atoms with E-state index in [2.05, 4.69) is 30.0 Å². The third-order valence-corrected chi connectivity index (χ3v) is 10.7. The summed E-state index contributed by atoms with van der Waals surface area (Å²) in [4.78, 5) is 41.3. The van der Waals surface area contributed by atoms with Crippen LogP contribution in [0, 0.1) is 12.3 Å². The van der Waals surface area contributed by atoms with Gasteiger partial charge in [-0.1, -0.05) is 155 Å². The van der Waals surface area contributed by atoms with Crippen LogP contribution in [-0.2, 0) is 14.4 Å². The molecule has 0 saturated heterocycles. The zero-order valence-corrected chi connectivity index (χ0v) is 34.2. The largest absolute Gasteiger partial charge is 0.354 e. The molecule has 0 aromatic carbocycles. The fourth-order valence-electron chi connectivity index (χ4n) is 6.44. The molecule has 0 bridgehead atoms. The minimum absolute atomic E-state index is 0.0132. The molecule has 0 fully saturated rings. The van der Waals surface area contributed by atoms with E-state index >= 15 is 0 Å². The highest BCUT2D eigenvalue weighted by Crippen LogP contribution is 2.15. The van der Waals surface area contributed by atoms with Gasteiger partial charge in [-0.05, 0) is 19.3 Å². The third kappa shape index (κ3) is 33.5. The molecule has 0 heterocycles. The molecule has 7 heteroatoms. The Bertz CT molecular complexity index is 803. The van der Waals surface area contributed by atoms with Crippen molar-refractivity contribution >= 4 is 29.5 Å². The topological polar surface area (TPSA) is 69.7 Å².